The Balaban J connectivity index is 2.12. The van der Waals surface area contributed by atoms with Crippen LogP contribution in [0.2, 0.25) is 0 Å². The second-order valence-electron chi connectivity index (χ2n) is 6.35. The lowest BCUT2D eigenvalue weighted by molar-refractivity contribution is -0.129. The van der Waals surface area contributed by atoms with E-state index in [1.165, 1.54) is 0 Å². The van der Waals surface area contributed by atoms with Crippen LogP contribution in [0.4, 0.5) is 4.79 Å². The van der Waals surface area contributed by atoms with Crippen molar-refractivity contribution in [2.45, 2.75) is 27.7 Å². The Labute approximate surface area is 146 Å². The van der Waals surface area contributed by atoms with Gasteiger partial charge in [0.1, 0.15) is 6.54 Å². The van der Waals surface area contributed by atoms with Crippen LogP contribution in [0, 0.1) is 19.8 Å². The average molecular weight is 349 g/mol. The Morgan fingerprint density at radius 1 is 1.33 bits per heavy atom. The number of nitrogens with zero attached hydrogens (tertiary/aromatic N) is 2. The van der Waals surface area contributed by atoms with Gasteiger partial charge in [-0.2, -0.15) is 0 Å². The van der Waals surface area contributed by atoms with Crippen molar-refractivity contribution in [2.24, 2.45) is 13.0 Å². The van der Waals surface area contributed by atoms with Crippen LogP contribution in [0.3, 0.4) is 0 Å². The zero-order valence-electron chi connectivity index (χ0n) is 14.7. The molecular formula is C17H23N3O3S. The highest BCUT2D eigenvalue weighted by Crippen LogP contribution is 2.32. The molecule has 0 bridgehead atoms. The van der Waals surface area contributed by atoms with Crippen molar-refractivity contribution in [3.05, 3.63) is 27.9 Å². The Hall–Kier alpha value is -2.02. The molecule has 0 spiro atoms. The van der Waals surface area contributed by atoms with Crippen LogP contribution in [0.5, 0.6) is 0 Å². The minimum atomic E-state index is -0.411. The van der Waals surface area contributed by atoms with Crippen molar-refractivity contribution in [3.63, 3.8) is 0 Å². The van der Waals surface area contributed by atoms with E-state index in [0.717, 1.165) is 33.6 Å². The summed E-state index contributed by atoms with van der Waals surface area (Å²) in [4.78, 5) is 37.7. The van der Waals surface area contributed by atoms with Crippen LogP contribution in [0.25, 0.3) is 6.08 Å². The molecule has 1 N–H and O–H groups in total. The number of thioether (sulfide) groups is 1. The molecule has 24 heavy (non-hydrogen) atoms. The van der Waals surface area contributed by atoms with Gasteiger partial charge in [-0.05, 0) is 49.2 Å². The fourth-order valence-electron chi connectivity index (χ4n) is 2.33. The number of aryl methyl sites for hydroxylation is 1. The topological polar surface area (TPSA) is 71.4 Å². The van der Waals surface area contributed by atoms with Crippen LogP contribution < -0.4 is 5.32 Å². The minimum Gasteiger partial charge on any atom is -0.354 e. The number of hydrogen-bond donors (Lipinski definition) is 1. The fourth-order valence-corrected chi connectivity index (χ4v) is 3.15. The summed E-state index contributed by atoms with van der Waals surface area (Å²) in [6.07, 6.45) is 1.72. The highest BCUT2D eigenvalue weighted by molar-refractivity contribution is 8.18. The van der Waals surface area contributed by atoms with Crippen LogP contribution in [-0.2, 0) is 16.6 Å². The number of hydrogen-bond acceptors (Lipinski definition) is 4. The summed E-state index contributed by atoms with van der Waals surface area (Å²) in [5, 5.41) is 2.31. The lowest BCUT2D eigenvalue weighted by Gasteiger charge is -2.13. The lowest BCUT2D eigenvalue weighted by Crippen LogP contribution is -2.40. The summed E-state index contributed by atoms with van der Waals surface area (Å²) in [7, 11) is 1.95. The smallest absolute Gasteiger partial charge is 0.294 e. The molecule has 0 aliphatic carbocycles. The third-order valence-electron chi connectivity index (χ3n) is 3.98. The Kier molecular flexibility index (Phi) is 5.54. The molecule has 3 amide bonds. The molecule has 0 saturated carbocycles. The van der Waals surface area contributed by atoms with Gasteiger partial charge >= 0.3 is 0 Å². The standard InChI is InChI=1S/C17H23N3O3S/c1-10(2)8-18-15(21)9-20-16(22)14(24-17(20)23)7-13-6-11(3)19(5)12(13)4/h6-7,10H,8-9H2,1-5H3,(H,18,21)/b14-7-. The molecule has 0 unspecified atom stereocenters. The molecular weight excluding hydrogens is 326 g/mol. The molecule has 1 saturated heterocycles. The fraction of sp³-hybridized carbons (Fsp3) is 0.471. The highest BCUT2D eigenvalue weighted by atomic mass is 32.2. The van der Waals surface area contributed by atoms with Crippen LogP contribution in [0.1, 0.15) is 30.8 Å². The van der Waals surface area contributed by atoms with E-state index in [0.29, 0.717) is 17.4 Å². The molecule has 0 atom stereocenters. The summed E-state index contributed by atoms with van der Waals surface area (Å²) in [6.45, 7) is 8.19. The van der Waals surface area contributed by atoms with Gasteiger partial charge in [-0.1, -0.05) is 13.8 Å². The highest BCUT2D eigenvalue weighted by Gasteiger charge is 2.36. The molecule has 6 nitrogen and oxygen atoms in total. The van der Waals surface area contributed by atoms with E-state index in [1.807, 2.05) is 45.4 Å². The second kappa shape index (κ2) is 7.25. The first-order chi connectivity index (χ1) is 11.2. The van der Waals surface area contributed by atoms with Gasteiger partial charge in [-0.3, -0.25) is 19.3 Å². The van der Waals surface area contributed by atoms with Gasteiger partial charge in [0.25, 0.3) is 11.1 Å². The van der Waals surface area contributed by atoms with Crippen LogP contribution in [0.15, 0.2) is 11.0 Å². The quantitative estimate of drug-likeness (QED) is 0.829. The van der Waals surface area contributed by atoms with Crippen molar-refractivity contribution < 1.29 is 14.4 Å². The number of aromatic nitrogens is 1. The lowest BCUT2D eigenvalue weighted by atomic mass is 10.2. The second-order valence-corrected chi connectivity index (χ2v) is 7.34. The third kappa shape index (κ3) is 3.90. The third-order valence-corrected chi connectivity index (χ3v) is 4.89. The minimum absolute atomic E-state index is 0.235. The van der Waals surface area contributed by atoms with E-state index >= 15 is 0 Å². The van der Waals surface area contributed by atoms with Crippen molar-refractivity contribution in [1.29, 1.82) is 0 Å². The molecule has 1 aliphatic heterocycles. The van der Waals surface area contributed by atoms with Gasteiger partial charge in [0, 0.05) is 25.0 Å². The summed E-state index contributed by atoms with van der Waals surface area (Å²) in [5.41, 5.74) is 3.00. The first-order valence-electron chi connectivity index (χ1n) is 7.85. The van der Waals surface area contributed by atoms with Gasteiger partial charge in [-0.15, -0.1) is 0 Å². The summed E-state index contributed by atoms with van der Waals surface area (Å²) < 4.78 is 2.02. The maximum Gasteiger partial charge on any atom is 0.294 e. The molecule has 1 aliphatic rings. The van der Waals surface area contributed by atoms with E-state index in [-0.39, 0.29) is 12.5 Å². The molecule has 1 aromatic heterocycles. The zero-order chi connectivity index (χ0) is 18.0. The molecule has 130 valence electrons. The number of nitrogens with one attached hydrogen (secondary N) is 1. The maximum absolute atomic E-state index is 12.4. The summed E-state index contributed by atoms with van der Waals surface area (Å²) in [5.74, 6) is -0.419. The zero-order valence-corrected chi connectivity index (χ0v) is 15.5. The van der Waals surface area contributed by atoms with Crippen LogP contribution >= 0.6 is 11.8 Å². The molecule has 1 aromatic rings. The molecule has 1 fully saturated rings. The van der Waals surface area contributed by atoms with Gasteiger partial charge in [0.05, 0.1) is 4.91 Å². The van der Waals surface area contributed by atoms with Crippen molar-refractivity contribution in [3.8, 4) is 0 Å². The van der Waals surface area contributed by atoms with E-state index in [1.54, 1.807) is 6.08 Å². The van der Waals surface area contributed by atoms with Crippen LogP contribution in [-0.4, -0.2) is 39.6 Å². The van der Waals surface area contributed by atoms with E-state index < -0.39 is 11.1 Å². The van der Waals surface area contributed by atoms with Crippen molar-refractivity contribution in [1.82, 2.24) is 14.8 Å². The van der Waals surface area contributed by atoms with E-state index in [4.69, 9.17) is 0 Å². The predicted molar refractivity (Wildman–Crippen MR) is 95.4 cm³/mol. The molecule has 0 aromatic carbocycles. The molecule has 2 rings (SSSR count). The Morgan fingerprint density at radius 2 is 2.00 bits per heavy atom. The first kappa shape index (κ1) is 18.3. The molecule has 2 heterocycles. The van der Waals surface area contributed by atoms with E-state index in [9.17, 15) is 14.4 Å². The van der Waals surface area contributed by atoms with Gasteiger partial charge in [-0.25, -0.2) is 0 Å². The summed E-state index contributed by atoms with van der Waals surface area (Å²) >= 11 is 0.876. The maximum atomic E-state index is 12.4. The van der Waals surface area contributed by atoms with Gasteiger partial charge in [0.15, 0.2) is 0 Å². The SMILES string of the molecule is Cc1cc(/C=C2\SC(=O)N(CC(=O)NCC(C)C)C2=O)c(C)n1C. The molecule has 7 heteroatoms. The first-order valence-corrected chi connectivity index (χ1v) is 8.67. The summed E-state index contributed by atoms with van der Waals surface area (Å²) in [6, 6.07) is 1.97. The normalized spacial score (nSPS) is 16.6. The Bertz CT molecular complexity index is 719. The van der Waals surface area contributed by atoms with Gasteiger partial charge in [0.2, 0.25) is 5.91 Å². The number of amides is 3. The monoisotopic (exact) mass is 349 g/mol. The number of imide groups is 1. The molecule has 0 radical (unpaired) electrons. The van der Waals surface area contributed by atoms with E-state index in [2.05, 4.69) is 5.32 Å². The predicted octanol–water partition coefficient (Wildman–Crippen LogP) is 2.45. The Morgan fingerprint density at radius 3 is 2.54 bits per heavy atom. The van der Waals surface area contributed by atoms with Gasteiger partial charge < -0.3 is 9.88 Å². The largest absolute Gasteiger partial charge is 0.354 e. The number of carbonyl (C=O) groups is 3. The number of carbonyl (C=O) groups excluding carboxylic acids is 3. The number of rotatable bonds is 5. The van der Waals surface area contributed by atoms with Crippen molar-refractivity contribution >= 4 is 34.9 Å². The average Bonchev–Trinajstić information content (AvgIpc) is 2.90. The van der Waals surface area contributed by atoms with Crippen molar-refractivity contribution in [2.75, 3.05) is 13.1 Å².